The van der Waals surface area contributed by atoms with Crippen LogP contribution in [0.25, 0.3) is 10.6 Å². The third kappa shape index (κ3) is 5.41. The number of carbonyl (C=O) groups is 2. The highest BCUT2D eigenvalue weighted by Crippen LogP contribution is 2.26. The molecule has 7 nitrogen and oxygen atoms in total. The number of amides is 1. The Kier molecular flexibility index (Phi) is 6.42. The van der Waals surface area contributed by atoms with Crippen LogP contribution in [0.1, 0.15) is 5.69 Å². The second kappa shape index (κ2) is 8.53. The fourth-order valence-corrected chi connectivity index (χ4v) is 2.92. The number of nitrogens with zero attached hydrogens (tertiary/aromatic N) is 2. The van der Waals surface area contributed by atoms with Crippen LogP contribution in [-0.4, -0.2) is 58.7 Å². The van der Waals surface area contributed by atoms with E-state index in [-0.39, 0.29) is 25.5 Å². The molecule has 1 heterocycles. The number of hydrogen-bond acceptors (Lipinski definition) is 6. The molecule has 0 aliphatic carbocycles. The number of benzene rings is 1. The van der Waals surface area contributed by atoms with Crippen molar-refractivity contribution in [1.29, 1.82) is 0 Å². The molecule has 0 aliphatic rings. The average molecular weight is 349 g/mol. The predicted octanol–water partition coefficient (Wildman–Crippen LogP) is 1.30. The van der Waals surface area contributed by atoms with Crippen molar-refractivity contribution in [2.24, 2.45) is 0 Å². The molecule has 3 N–H and O–H groups in total. The summed E-state index contributed by atoms with van der Waals surface area (Å²) in [5.74, 6) is -1.09. The van der Waals surface area contributed by atoms with Gasteiger partial charge in [-0.3, -0.25) is 14.5 Å². The molecular weight excluding hydrogens is 330 g/mol. The van der Waals surface area contributed by atoms with E-state index in [4.69, 9.17) is 10.2 Å². The van der Waals surface area contributed by atoms with Crippen LogP contribution < -0.4 is 5.32 Å². The Bertz CT molecular complexity index is 717. The van der Waals surface area contributed by atoms with E-state index in [1.54, 1.807) is 35.5 Å². The molecule has 0 aliphatic heterocycles. The normalized spacial score (nSPS) is 10.8. The van der Waals surface area contributed by atoms with Gasteiger partial charge in [-0.1, -0.05) is 12.1 Å². The topological polar surface area (TPSA) is 103 Å². The quantitative estimate of drug-likeness (QED) is 0.664. The maximum atomic E-state index is 12.0. The molecule has 0 atom stereocenters. The van der Waals surface area contributed by atoms with E-state index in [9.17, 15) is 9.59 Å². The molecule has 0 radical (unpaired) electrons. The molecule has 0 unspecified atom stereocenters. The van der Waals surface area contributed by atoms with Crippen molar-refractivity contribution in [3.63, 3.8) is 0 Å². The number of aliphatic hydroxyl groups excluding tert-OH is 1. The van der Waals surface area contributed by atoms with Crippen molar-refractivity contribution in [2.45, 2.75) is 6.42 Å². The lowest BCUT2D eigenvalue weighted by Gasteiger charge is -2.14. The number of hydrogen-bond donors (Lipinski definition) is 3. The number of aliphatic hydroxyl groups is 1. The zero-order valence-electron chi connectivity index (χ0n) is 13.2. The molecular formula is C16H19N3O4S. The summed E-state index contributed by atoms with van der Waals surface area (Å²) >= 11 is 1.37. The third-order valence-electron chi connectivity index (χ3n) is 3.17. The number of thiazole rings is 1. The lowest BCUT2D eigenvalue weighted by molar-refractivity contribution is -0.136. The highest BCUT2D eigenvalue weighted by molar-refractivity contribution is 7.13. The third-order valence-corrected chi connectivity index (χ3v) is 4.11. The highest BCUT2D eigenvalue weighted by atomic mass is 32.1. The van der Waals surface area contributed by atoms with E-state index in [2.05, 4.69) is 10.3 Å². The van der Waals surface area contributed by atoms with Gasteiger partial charge in [0.25, 0.3) is 0 Å². The van der Waals surface area contributed by atoms with Crippen LogP contribution in [0.2, 0.25) is 0 Å². The largest absolute Gasteiger partial charge is 0.481 e. The average Bonchev–Trinajstić information content (AvgIpc) is 2.95. The van der Waals surface area contributed by atoms with Crippen molar-refractivity contribution in [1.82, 2.24) is 9.88 Å². The molecule has 1 aromatic carbocycles. The van der Waals surface area contributed by atoms with Gasteiger partial charge in [-0.15, -0.1) is 11.3 Å². The molecule has 0 saturated heterocycles. The lowest BCUT2D eigenvalue weighted by atomic mass is 10.2. The van der Waals surface area contributed by atoms with E-state index in [1.165, 1.54) is 11.3 Å². The zero-order valence-corrected chi connectivity index (χ0v) is 14.0. The Hall–Kier alpha value is -2.29. The monoisotopic (exact) mass is 349 g/mol. The van der Waals surface area contributed by atoms with Crippen molar-refractivity contribution in [3.8, 4) is 10.6 Å². The summed E-state index contributed by atoms with van der Waals surface area (Å²) in [4.78, 5) is 28.7. The number of carbonyl (C=O) groups excluding carboxylic acids is 1. The second-order valence-electron chi connectivity index (χ2n) is 5.30. The molecule has 2 rings (SSSR count). The Labute approximate surface area is 143 Å². The second-order valence-corrected chi connectivity index (χ2v) is 6.16. The molecule has 128 valence electrons. The lowest BCUT2D eigenvalue weighted by Crippen LogP contribution is -2.32. The first-order valence-corrected chi connectivity index (χ1v) is 8.22. The van der Waals surface area contributed by atoms with E-state index < -0.39 is 5.97 Å². The number of likely N-dealkylation sites (N-methyl/N-ethyl adjacent to an activating group) is 1. The van der Waals surface area contributed by atoms with Crippen LogP contribution in [0.15, 0.2) is 29.6 Å². The minimum absolute atomic E-state index is 0.00197. The van der Waals surface area contributed by atoms with Crippen LogP contribution in [0.3, 0.4) is 0 Å². The number of carboxylic acid groups (broad SMARTS) is 1. The molecule has 1 amide bonds. The number of rotatable bonds is 8. The van der Waals surface area contributed by atoms with Crippen LogP contribution in [-0.2, 0) is 16.0 Å². The molecule has 0 bridgehead atoms. The van der Waals surface area contributed by atoms with E-state index >= 15 is 0 Å². The van der Waals surface area contributed by atoms with Crippen LogP contribution in [0.5, 0.6) is 0 Å². The van der Waals surface area contributed by atoms with Gasteiger partial charge in [-0.2, -0.15) is 0 Å². The highest BCUT2D eigenvalue weighted by Gasteiger charge is 2.10. The fourth-order valence-electron chi connectivity index (χ4n) is 2.10. The summed E-state index contributed by atoms with van der Waals surface area (Å²) in [7, 11) is 1.76. The van der Waals surface area contributed by atoms with Gasteiger partial charge in [-0.25, -0.2) is 4.98 Å². The van der Waals surface area contributed by atoms with Gasteiger partial charge in [0.2, 0.25) is 5.91 Å². The number of anilines is 1. The van der Waals surface area contributed by atoms with Crippen molar-refractivity contribution in [3.05, 3.63) is 35.3 Å². The van der Waals surface area contributed by atoms with E-state index in [0.29, 0.717) is 22.9 Å². The van der Waals surface area contributed by atoms with Gasteiger partial charge >= 0.3 is 5.97 Å². The SMILES string of the molecule is CN(CCO)CC(=O)Nc1cccc(-c2nc(CC(=O)O)cs2)c1. The summed E-state index contributed by atoms with van der Waals surface area (Å²) in [6.07, 6.45) is -0.107. The van der Waals surface area contributed by atoms with E-state index in [0.717, 1.165) is 5.56 Å². The molecule has 2 aromatic rings. The summed E-state index contributed by atoms with van der Waals surface area (Å²) in [6, 6.07) is 7.24. The maximum absolute atomic E-state index is 12.0. The maximum Gasteiger partial charge on any atom is 0.309 e. The molecule has 8 heteroatoms. The summed E-state index contributed by atoms with van der Waals surface area (Å²) in [5, 5.41) is 22.9. The summed E-state index contributed by atoms with van der Waals surface area (Å²) in [6.45, 7) is 0.617. The number of aromatic nitrogens is 1. The zero-order chi connectivity index (χ0) is 17.5. The van der Waals surface area contributed by atoms with Crippen LogP contribution >= 0.6 is 11.3 Å². The smallest absolute Gasteiger partial charge is 0.309 e. The Balaban J connectivity index is 2.04. The fraction of sp³-hybridized carbons (Fsp3) is 0.312. The molecule has 24 heavy (non-hydrogen) atoms. The van der Waals surface area contributed by atoms with Crippen molar-refractivity contribution >= 4 is 28.9 Å². The Morgan fingerprint density at radius 2 is 2.17 bits per heavy atom. The minimum atomic E-state index is -0.917. The molecule has 0 saturated carbocycles. The van der Waals surface area contributed by atoms with Gasteiger partial charge in [-0.05, 0) is 19.2 Å². The van der Waals surface area contributed by atoms with Crippen molar-refractivity contribution in [2.75, 3.05) is 32.1 Å². The van der Waals surface area contributed by atoms with E-state index in [1.807, 2.05) is 6.07 Å². The van der Waals surface area contributed by atoms with Gasteiger partial charge in [0.15, 0.2) is 0 Å². The van der Waals surface area contributed by atoms with Gasteiger partial charge < -0.3 is 15.5 Å². The van der Waals surface area contributed by atoms with Gasteiger partial charge in [0, 0.05) is 23.2 Å². The van der Waals surface area contributed by atoms with Crippen molar-refractivity contribution < 1.29 is 19.8 Å². The molecule has 0 fully saturated rings. The van der Waals surface area contributed by atoms with Crippen LogP contribution in [0, 0.1) is 0 Å². The van der Waals surface area contributed by atoms with Gasteiger partial charge in [0.05, 0.1) is 25.3 Å². The van der Waals surface area contributed by atoms with Gasteiger partial charge in [0.1, 0.15) is 5.01 Å². The van der Waals surface area contributed by atoms with Crippen LogP contribution in [0.4, 0.5) is 5.69 Å². The standard InChI is InChI=1S/C16H19N3O4S/c1-19(5-6-20)9-14(21)17-12-4-2-3-11(7-12)16-18-13(10-24-16)8-15(22)23/h2-4,7,10,20H,5-6,8-9H2,1H3,(H,17,21)(H,22,23). The minimum Gasteiger partial charge on any atom is -0.481 e. The number of carboxylic acids is 1. The summed E-state index contributed by atoms with van der Waals surface area (Å²) < 4.78 is 0. The first kappa shape index (κ1) is 18.1. The Morgan fingerprint density at radius 3 is 2.88 bits per heavy atom. The summed E-state index contributed by atoms with van der Waals surface area (Å²) in [5.41, 5.74) is 1.98. The first-order valence-electron chi connectivity index (χ1n) is 7.34. The molecule has 0 spiro atoms. The Morgan fingerprint density at radius 1 is 1.38 bits per heavy atom. The number of aliphatic carboxylic acids is 1. The number of nitrogens with one attached hydrogen (secondary N) is 1. The molecule has 1 aromatic heterocycles. The first-order chi connectivity index (χ1) is 11.5. The predicted molar refractivity (Wildman–Crippen MR) is 92.1 cm³/mol.